The molecule has 4 aromatic rings. The van der Waals surface area contributed by atoms with Crippen molar-refractivity contribution in [2.24, 2.45) is 7.05 Å². The first-order valence-electron chi connectivity index (χ1n) is 8.15. The van der Waals surface area contributed by atoms with Crippen LogP contribution in [0.4, 0.5) is 0 Å². The molecule has 0 saturated carbocycles. The summed E-state index contributed by atoms with van der Waals surface area (Å²) >= 11 is 0. The predicted octanol–water partition coefficient (Wildman–Crippen LogP) is 2.40. The Morgan fingerprint density at radius 1 is 1.15 bits per heavy atom. The lowest BCUT2D eigenvalue weighted by molar-refractivity contribution is 0.298. The Kier molecular flexibility index (Phi) is 3.96. The number of pyridine rings is 1. The molecule has 0 spiro atoms. The van der Waals surface area contributed by atoms with Crippen LogP contribution >= 0.6 is 0 Å². The van der Waals surface area contributed by atoms with Crippen molar-refractivity contribution >= 4 is 10.9 Å². The van der Waals surface area contributed by atoms with E-state index in [2.05, 4.69) is 15.2 Å². The summed E-state index contributed by atoms with van der Waals surface area (Å²) in [6.45, 7) is 2.08. The molecule has 4 rings (SSSR count). The van der Waals surface area contributed by atoms with Crippen molar-refractivity contribution in [3.8, 4) is 11.4 Å². The SMILES string of the molecule is Cc1cnc2ccc(OCc3nn(-c4cnn(C)c4)ccc3=O)cc2c1. The zero-order chi connectivity index (χ0) is 18.1. The molecule has 0 aliphatic heterocycles. The van der Waals surface area contributed by atoms with E-state index in [9.17, 15) is 4.79 Å². The van der Waals surface area contributed by atoms with Crippen molar-refractivity contribution in [2.75, 3.05) is 0 Å². The van der Waals surface area contributed by atoms with Gasteiger partial charge in [-0.15, -0.1) is 0 Å². The number of rotatable bonds is 4. The minimum absolute atomic E-state index is 0.0880. The van der Waals surface area contributed by atoms with Crippen LogP contribution < -0.4 is 10.2 Å². The van der Waals surface area contributed by atoms with Crippen LogP contribution in [0.3, 0.4) is 0 Å². The van der Waals surface area contributed by atoms with E-state index >= 15 is 0 Å². The molecular weight excluding hydrogens is 330 g/mol. The van der Waals surface area contributed by atoms with Gasteiger partial charge in [0.1, 0.15) is 23.7 Å². The Labute approximate surface area is 149 Å². The Bertz CT molecular complexity index is 1150. The fourth-order valence-corrected chi connectivity index (χ4v) is 2.68. The van der Waals surface area contributed by atoms with Crippen molar-refractivity contribution in [1.82, 2.24) is 24.5 Å². The molecule has 0 bridgehead atoms. The van der Waals surface area contributed by atoms with Crippen molar-refractivity contribution in [2.45, 2.75) is 13.5 Å². The molecule has 0 aliphatic rings. The van der Waals surface area contributed by atoms with Gasteiger partial charge in [-0.1, -0.05) is 0 Å². The van der Waals surface area contributed by atoms with E-state index in [0.29, 0.717) is 11.4 Å². The van der Waals surface area contributed by atoms with Gasteiger partial charge in [0.2, 0.25) is 5.43 Å². The second-order valence-electron chi connectivity index (χ2n) is 6.10. The normalized spacial score (nSPS) is 11.0. The summed E-state index contributed by atoms with van der Waals surface area (Å²) in [4.78, 5) is 16.5. The Hall–Kier alpha value is -3.48. The van der Waals surface area contributed by atoms with Crippen LogP contribution in [0.25, 0.3) is 16.6 Å². The zero-order valence-corrected chi connectivity index (χ0v) is 14.5. The summed E-state index contributed by atoms with van der Waals surface area (Å²) in [5.41, 5.74) is 2.93. The highest BCUT2D eigenvalue weighted by Crippen LogP contribution is 2.20. The van der Waals surface area contributed by atoms with Gasteiger partial charge in [0, 0.05) is 30.9 Å². The van der Waals surface area contributed by atoms with Crippen LogP contribution in [0.1, 0.15) is 11.3 Å². The smallest absolute Gasteiger partial charge is 0.206 e. The average Bonchev–Trinajstić information content (AvgIpc) is 3.07. The van der Waals surface area contributed by atoms with E-state index in [-0.39, 0.29) is 12.0 Å². The predicted molar refractivity (Wildman–Crippen MR) is 97.4 cm³/mol. The van der Waals surface area contributed by atoms with Crippen molar-refractivity contribution < 1.29 is 4.74 Å². The van der Waals surface area contributed by atoms with Gasteiger partial charge in [-0.3, -0.25) is 14.5 Å². The summed E-state index contributed by atoms with van der Waals surface area (Å²) < 4.78 is 9.08. The van der Waals surface area contributed by atoms with Gasteiger partial charge in [-0.2, -0.15) is 10.2 Å². The molecule has 3 aromatic heterocycles. The third-order valence-corrected chi connectivity index (χ3v) is 4.00. The van der Waals surface area contributed by atoms with Gasteiger partial charge in [-0.05, 0) is 36.8 Å². The van der Waals surface area contributed by atoms with Gasteiger partial charge in [0.15, 0.2) is 0 Å². The lowest BCUT2D eigenvalue weighted by Gasteiger charge is -2.08. The highest BCUT2D eigenvalue weighted by atomic mass is 16.5. The fourth-order valence-electron chi connectivity index (χ4n) is 2.68. The van der Waals surface area contributed by atoms with Crippen LogP contribution in [0.2, 0.25) is 0 Å². The molecule has 3 heterocycles. The molecule has 0 saturated heterocycles. The average molecular weight is 347 g/mol. The standard InChI is InChI=1S/C19H17N5O2/c1-13-7-14-8-16(3-4-17(14)20-9-13)26-12-18-19(25)5-6-24(22-18)15-10-21-23(2)11-15/h3-11H,12H2,1-2H3. The molecule has 130 valence electrons. The van der Waals surface area contributed by atoms with Crippen LogP contribution in [-0.4, -0.2) is 24.5 Å². The number of hydrogen-bond acceptors (Lipinski definition) is 5. The molecule has 1 aromatic carbocycles. The lowest BCUT2D eigenvalue weighted by atomic mass is 10.2. The molecule has 7 nitrogen and oxygen atoms in total. The topological polar surface area (TPSA) is 74.8 Å². The Morgan fingerprint density at radius 3 is 2.85 bits per heavy atom. The number of nitrogens with zero attached hydrogens (tertiary/aromatic N) is 5. The van der Waals surface area contributed by atoms with Gasteiger partial charge in [0.25, 0.3) is 0 Å². The number of hydrogen-bond donors (Lipinski definition) is 0. The molecule has 0 radical (unpaired) electrons. The number of aromatic nitrogens is 5. The van der Waals surface area contributed by atoms with Gasteiger partial charge in [0.05, 0.1) is 17.9 Å². The summed E-state index contributed by atoms with van der Waals surface area (Å²) in [6, 6.07) is 9.18. The zero-order valence-electron chi connectivity index (χ0n) is 14.5. The number of aryl methyl sites for hydroxylation is 2. The Balaban J connectivity index is 1.58. The molecule has 0 fully saturated rings. The van der Waals surface area contributed by atoms with Crippen LogP contribution in [0, 0.1) is 6.92 Å². The van der Waals surface area contributed by atoms with E-state index in [1.54, 1.807) is 21.8 Å². The van der Waals surface area contributed by atoms with Gasteiger partial charge < -0.3 is 4.74 Å². The van der Waals surface area contributed by atoms with Crippen molar-refractivity contribution in [3.05, 3.63) is 76.6 Å². The van der Waals surface area contributed by atoms with Crippen LogP contribution in [0.5, 0.6) is 5.75 Å². The molecule has 0 aliphatic carbocycles. The third-order valence-electron chi connectivity index (χ3n) is 4.00. The van der Waals surface area contributed by atoms with Crippen LogP contribution in [0.15, 0.2) is 59.9 Å². The van der Waals surface area contributed by atoms with Crippen molar-refractivity contribution in [3.63, 3.8) is 0 Å². The summed E-state index contributed by atoms with van der Waals surface area (Å²) in [5.74, 6) is 0.669. The molecular formula is C19H17N5O2. The summed E-state index contributed by atoms with van der Waals surface area (Å²) in [6.07, 6.45) is 6.95. The second kappa shape index (κ2) is 6.44. The lowest BCUT2D eigenvalue weighted by Crippen LogP contribution is -2.17. The maximum Gasteiger partial charge on any atom is 0.206 e. The minimum Gasteiger partial charge on any atom is -0.487 e. The largest absolute Gasteiger partial charge is 0.487 e. The number of ether oxygens (including phenoxy) is 1. The molecule has 0 amide bonds. The molecule has 7 heteroatoms. The van der Waals surface area contributed by atoms with E-state index < -0.39 is 0 Å². The Morgan fingerprint density at radius 2 is 2.04 bits per heavy atom. The van der Waals surface area contributed by atoms with E-state index in [4.69, 9.17) is 4.74 Å². The first-order chi connectivity index (χ1) is 12.6. The summed E-state index contributed by atoms with van der Waals surface area (Å²) in [7, 11) is 1.83. The van der Waals surface area contributed by atoms with Crippen molar-refractivity contribution in [1.29, 1.82) is 0 Å². The van der Waals surface area contributed by atoms with Gasteiger partial charge in [-0.25, -0.2) is 4.68 Å². The minimum atomic E-state index is -0.163. The van der Waals surface area contributed by atoms with Gasteiger partial charge >= 0.3 is 0 Å². The number of benzene rings is 1. The van der Waals surface area contributed by atoms with Crippen LogP contribution in [-0.2, 0) is 13.7 Å². The maximum atomic E-state index is 12.1. The monoisotopic (exact) mass is 347 g/mol. The highest BCUT2D eigenvalue weighted by molar-refractivity contribution is 5.80. The molecule has 0 unspecified atom stereocenters. The molecule has 0 N–H and O–H groups in total. The fraction of sp³-hybridized carbons (Fsp3) is 0.158. The third kappa shape index (κ3) is 3.19. The molecule has 0 atom stereocenters. The quantitative estimate of drug-likeness (QED) is 0.567. The maximum absolute atomic E-state index is 12.1. The van der Waals surface area contributed by atoms with E-state index in [0.717, 1.165) is 22.2 Å². The first kappa shape index (κ1) is 16.0. The second-order valence-corrected chi connectivity index (χ2v) is 6.10. The highest BCUT2D eigenvalue weighted by Gasteiger charge is 2.07. The van der Waals surface area contributed by atoms with E-state index in [1.807, 2.05) is 50.6 Å². The number of fused-ring (bicyclic) bond motifs is 1. The molecule has 26 heavy (non-hydrogen) atoms. The summed E-state index contributed by atoms with van der Waals surface area (Å²) in [5, 5.41) is 9.47. The first-order valence-corrected chi connectivity index (χ1v) is 8.15. The van der Waals surface area contributed by atoms with E-state index in [1.165, 1.54) is 6.07 Å².